The maximum Gasteiger partial charge on any atom is 0.227 e. The third kappa shape index (κ3) is 8.42. The molecule has 0 amide bonds. The second kappa shape index (κ2) is 22.5. The van der Waals surface area contributed by atoms with Gasteiger partial charge in [-0.25, -0.2) is 9.97 Å². The van der Waals surface area contributed by atoms with Crippen molar-refractivity contribution < 1.29 is 8.83 Å². The van der Waals surface area contributed by atoms with Crippen LogP contribution >= 0.6 is 0 Å². The lowest BCUT2D eigenvalue weighted by molar-refractivity contribution is 0.623. The Hall–Kier alpha value is -13.5. The van der Waals surface area contributed by atoms with Crippen LogP contribution in [0.15, 0.2) is 373 Å². The third-order valence-corrected chi connectivity index (χ3v) is 22.8. The maximum atomic E-state index is 6.50. The SMILES string of the molecule is c1ccc(-c2nc3ccc4ccc5cc(-c6ccc7c(c6)C(c6ccccc6)(c6ccccc6)c6cc8ccccc8cc6-7)ccc5c4c3o2)cc1.c1ccc(-c2nc3ccc4ccc5cc(-c6ccc7c(c6)C6(c8ccccc8-c8ccccc86)c6ccc8ccccc8c6-7)ccc5c4c3o2)cc1. The van der Waals surface area contributed by atoms with E-state index in [4.69, 9.17) is 18.8 Å². The summed E-state index contributed by atoms with van der Waals surface area (Å²) in [4.78, 5) is 9.74. The molecular weight excluding hydrogens is 1260 g/mol. The van der Waals surface area contributed by atoms with Crippen LogP contribution < -0.4 is 0 Å². The zero-order valence-electron chi connectivity index (χ0n) is 56.4. The van der Waals surface area contributed by atoms with Crippen molar-refractivity contribution in [2.24, 2.45) is 0 Å². The molecule has 0 bridgehead atoms. The summed E-state index contributed by atoms with van der Waals surface area (Å²) in [5.74, 6) is 1.29. The van der Waals surface area contributed by atoms with Gasteiger partial charge in [0.05, 0.1) is 10.8 Å². The molecule has 0 unspecified atom stereocenters. The van der Waals surface area contributed by atoms with E-state index in [2.05, 4.69) is 303 Å². The van der Waals surface area contributed by atoms with Gasteiger partial charge in [-0.05, 0) is 227 Å². The second-order valence-electron chi connectivity index (χ2n) is 28.1. The number of hydrogen-bond acceptors (Lipinski definition) is 4. The van der Waals surface area contributed by atoms with Gasteiger partial charge in [-0.15, -0.1) is 0 Å². The average molecular weight is 1320 g/mol. The minimum Gasteiger partial charge on any atom is -0.435 e. The summed E-state index contributed by atoms with van der Waals surface area (Å²) in [5.41, 5.74) is 27.7. The van der Waals surface area contributed by atoms with E-state index in [1.54, 1.807) is 0 Å². The summed E-state index contributed by atoms with van der Waals surface area (Å²) in [5, 5.41) is 14.2. The molecule has 18 aromatic carbocycles. The molecule has 3 aliphatic carbocycles. The molecule has 0 saturated carbocycles. The number of rotatable bonds is 6. The molecule has 0 aliphatic heterocycles. The minimum atomic E-state index is -0.478. The molecule has 3 aliphatic rings. The largest absolute Gasteiger partial charge is 0.435 e. The van der Waals surface area contributed by atoms with E-state index in [1.807, 2.05) is 60.7 Å². The van der Waals surface area contributed by atoms with E-state index in [1.165, 1.54) is 132 Å². The Kier molecular flexibility index (Phi) is 12.6. The van der Waals surface area contributed by atoms with Crippen molar-refractivity contribution in [2.75, 3.05) is 0 Å². The lowest BCUT2D eigenvalue weighted by Crippen LogP contribution is -2.28. The van der Waals surface area contributed by atoms with Crippen LogP contribution in [0.4, 0.5) is 0 Å². The summed E-state index contributed by atoms with van der Waals surface area (Å²) in [6, 6.07) is 133. The third-order valence-electron chi connectivity index (χ3n) is 22.8. The molecule has 1 spiro atoms. The molecule has 482 valence electrons. The van der Waals surface area contributed by atoms with E-state index in [-0.39, 0.29) is 0 Å². The van der Waals surface area contributed by atoms with Crippen LogP contribution in [-0.4, -0.2) is 9.97 Å². The maximum absolute atomic E-state index is 6.50. The molecule has 2 aromatic heterocycles. The molecule has 4 nitrogen and oxygen atoms in total. The quantitative estimate of drug-likeness (QED) is 0.156. The molecule has 104 heavy (non-hydrogen) atoms. The zero-order chi connectivity index (χ0) is 68.2. The van der Waals surface area contributed by atoms with Gasteiger partial charge >= 0.3 is 0 Å². The topological polar surface area (TPSA) is 52.1 Å². The summed E-state index contributed by atoms with van der Waals surface area (Å²) >= 11 is 0. The summed E-state index contributed by atoms with van der Waals surface area (Å²) in [7, 11) is 0. The van der Waals surface area contributed by atoms with Crippen LogP contribution in [-0.2, 0) is 10.8 Å². The minimum absolute atomic E-state index is 0.403. The first-order chi connectivity index (χ1) is 51.5. The molecule has 23 rings (SSSR count). The van der Waals surface area contributed by atoms with E-state index in [0.717, 1.165) is 65.6 Å². The van der Waals surface area contributed by atoms with Crippen LogP contribution in [0, 0.1) is 0 Å². The average Bonchev–Trinajstić information content (AvgIpc) is 1.51. The molecule has 0 saturated heterocycles. The van der Waals surface area contributed by atoms with Gasteiger partial charge in [0.15, 0.2) is 11.2 Å². The number of nitrogens with zero attached hydrogens (tertiary/aromatic N) is 2. The van der Waals surface area contributed by atoms with Crippen molar-refractivity contribution >= 4 is 86.8 Å². The molecule has 0 N–H and O–H groups in total. The van der Waals surface area contributed by atoms with Gasteiger partial charge in [0.25, 0.3) is 0 Å². The van der Waals surface area contributed by atoms with Crippen molar-refractivity contribution in [1.29, 1.82) is 0 Å². The lowest BCUT2D eigenvalue weighted by atomic mass is 9.67. The molecule has 0 atom stereocenters. The van der Waals surface area contributed by atoms with Gasteiger partial charge in [0.2, 0.25) is 11.8 Å². The summed E-state index contributed by atoms with van der Waals surface area (Å²) < 4.78 is 13.0. The van der Waals surface area contributed by atoms with Gasteiger partial charge in [0.1, 0.15) is 11.0 Å². The van der Waals surface area contributed by atoms with E-state index in [0.29, 0.717) is 11.8 Å². The first-order valence-corrected chi connectivity index (χ1v) is 35.8. The highest BCUT2D eigenvalue weighted by Gasteiger charge is 2.52. The van der Waals surface area contributed by atoms with Gasteiger partial charge in [-0.1, -0.05) is 291 Å². The normalized spacial score (nSPS) is 13.3. The molecule has 0 radical (unpaired) electrons. The van der Waals surface area contributed by atoms with Crippen LogP contribution in [0.1, 0.15) is 44.5 Å². The van der Waals surface area contributed by atoms with Crippen LogP contribution in [0.3, 0.4) is 0 Å². The van der Waals surface area contributed by atoms with Gasteiger partial charge in [-0.2, -0.15) is 0 Å². The Morgan fingerprint density at radius 2 is 0.615 bits per heavy atom. The van der Waals surface area contributed by atoms with Crippen LogP contribution in [0.2, 0.25) is 0 Å². The predicted molar refractivity (Wildman–Crippen MR) is 428 cm³/mol. The standard InChI is InChI=1S/C50H29NO.C50H31NO/c1-2-11-32(12-3-1)49-51-45-27-23-31-18-19-35-28-33(20-24-37(35)46(31)48(45)52-49)34-21-25-40-44(29-34)50(43-26-22-30-10-4-5-13-36(30)47(40)43)41-16-8-6-14-38(41)39-15-7-9-17-42(39)50;1-4-12-33(13-5-1)49-51-46-27-24-32-20-21-38-28-36(22-25-41(38)47(32)48(46)52-49)37-23-26-42-43-29-34-14-10-11-15-35(34)30-45(43)50(44(42)31-37,39-16-6-2-7-17-39)40-18-8-3-9-19-40/h1-29H;1-31H. The monoisotopic (exact) mass is 1320 g/mol. The fraction of sp³-hybridized carbons (Fsp3) is 0.0200. The number of oxazole rings is 2. The first-order valence-electron chi connectivity index (χ1n) is 35.8. The Morgan fingerprint density at radius 3 is 1.17 bits per heavy atom. The second-order valence-corrected chi connectivity index (χ2v) is 28.1. The fourth-order valence-corrected chi connectivity index (χ4v) is 18.3. The molecule has 2 heterocycles. The van der Waals surface area contributed by atoms with E-state index < -0.39 is 10.8 Å². The van der Waals surface area contributed by atoms with Gasteiger partial charge < -0.3 is 8.83 Å². The van der Waals surface area contributed by atoms with Crippen LogP contribution in [0.25, 0.3) is 165 Å². The molecular formula is C100H60N2O2. The van der Waals surface area contributed by atoms with E-state index >= 15 is 0 Å². The highest BCUT2D eigenvalue weighted by Crippen LogP contribution is 2.65. The fourth-order valence-electron chi connectivity index (χ4n) is 18.3. The number of aromatic nitrogens is 2. The smallest absolute Gasteiger partial charge is 0.227 e. The Morgan fingerprint density at radius 1 is 0.212 bits per heavy atom. The highest BCUT2D eigenvalue weighted by atomic mass is 16.4. The Bertz CT molecular complexity index is 6880. The number of fused-ring (bicyclic) bond motifs is 26. The highest BCUT2D eigenvalue weighted by molar-refractivity contribution is 6.20. The van der Waals surface area contributed by atoms with Crippen molar-refractivity contribution in [3.63, 3.8) is 0 Å². The van der Waals surface area contributed by atoms with Gasteiger partial charge in [0, 0.05) is 21.9 Å². The Labute approximate surface area is 599 Å². The van der Waals surface area contributed by atoms with Crippen molar-refractivity contribution in [3.8, 4) is 78.5 Å². The van der Waals surface area contributed by atoms with Crippen molar-refractivity contribution in [1.82, 2.24) is 9.97 Å². The zero-order valence-corrected chi connectivity index (χ0v) is 56.4. The molecule has 20 aromatic rings. The molecule has 0 fully saturated rings. The van der Waals surface area contributed by atoms with Gasteiger partial charge in [-0.3, -0.25) is 0 Å². The number of hydrogen-bond donors (Lipinski definition) is 0. The van der Waals surface area contributed by atoms with Crippen LogP contribution in [0.5, 0.6) is 0 Å². The number of benzene rings is 18. The summed E-state index contributed by atoms with van der Waals surface area (Å²) in [6.45, 7) is 0. The predicted octanol–water partition coefficient (Wildman–Crippen LogP) is 25.9. The molecule has 4 heteroatoms. The lowest BCUT2D eigenvalue weighted by Gasteiger charge is -2.34. The first kappa shape index (κ1) is 58.3. The van der Waals surface area contributed by atoms with Crippen molar-refractivity contribution in [3.05, 3.63) is 408 Å². The van der Waals surface area contributed by atoms with E-state index in [9.17, 15) is 0 Å². The van der Waals surface area contributed by atoms with Crippen molar-refractivity contribution in [2.45, 2.75) is 10.8 Å². The Balaban J connectivity index is 0.000000131. The summed E-state index contributed by atoms with van der Waals surface area (Å²) in [6.07, 6.45) is 0.